The van der Waals surface area contributed by atoms with Crippen molar-refractivity contribution in [3.8, 4) is 0 Å². The Morgan fingerprint density at radius 2 is 2.00 bits per heavy atom. The Kier molecular flexibility index (Phi) is 2.96. The molecule has 1 aromatic heterocycles. The van der Waals surface area contributed by atoms with Crippen LogP contribution >= 0.6 is 0 Å². The molecule has 0 aliphatic carbocycles. The van der Waals surface area contributed by atoms with Crippen LogP contribution in [0, 0.1) is 6.92 Å². The maximum Gasteiger partial charge on any atom is 0.243 e. The molecule has 84 valence electrons. The number of nitrogens with one attached hydrogen (secondary N) is 1. The minimum atomic E-state index is -0.195. The van der Waals surface area contributed by atoms with Crippen LogP contribution in [0.15, 0.2) is 18.2 Å². The van der Waals surface area contributed by atoms with Crippen molar-refractivity contribution in [1.29, 1.82) is 0 Å². The van der Waals surface area contributed by atoms with Crippen molar-refractivity contribution in [3.05, 3.63) is 29.6 Å². The van der Waals surface area contributed by atoms with Crippen LogP contribution in [-0.4, -0.2) is 34.8 Å². The summed E-state index contributed by atoms with van der Waals surface area (Å²) in [4.78, 5) is 28.5. The lowest BCUT2D eigenvalue weighted by atomic mass is 10.2. The van der Waals surface area contributed by atoms with E-state index in [0.29, 0.717) is 0 Å². The van der Waals surface area contributed by atoms with Gasteiger partial charge in [-0.2, -0.15) is 0 Å². The van der Waals surface area contributed by atoms with E-state index in [1.165, 1.54) is 4.90 Å². The Hall–Kier alpha value is -1.75. The van der Waals surface area contributed by atoms with Crippen LogP contribution < -0.4 is 5.32 Å². The van der Waals surface area contributed by atoms with Crippen molar-refractivity contribution in [1.82, 2.24) is 15.2 Å². The molecule has 2 amide bonds. The second-order valence-electron chi connectivity index (χ2n) is 3.75. The SMILES string of the molecule is Cc1cccc(CN2C(=O)CNCC2=O)n1. The number of aryl methyl sites for hydroxylation is 1. The number of imide groups is 1. The molecule has 5 heteroatoms. The third-order valence-electron chi connectivity index (χ3n) is 2.42. The summed E-state index contributed by atoms with van der Waals surface area (Å²) in [6, 6.07) is 5.56. The minimum Gasteiger partial charge on any atom is -0.300 e. The number of carbonyl (C=O) groups is 2. The first-order chi connectivity index (χ1) is 7.66. The summed E-state index contributed by atoms with van der Waals surface area (Å²) in [6.45, 7) is 2.58. The second-order valence-corrected chi connectivity index (χ2v) is 3.75. The summed E-state index contributed by atoms with van der Waals surface area (Å²) >= 11 is 0. The first-order valence-corrected chi connectivity index (χ1v) is 5.13. The van der Waals surface area contributed by atoms with E-state index < -0.39 is 0 Å². The van der Waals surface area contributed by atoms with Gasteiger partial charge in [-0.15, -0.1) is 0 Å². The van der Waals surface area contributed by atoms with Crippen LogP contribution in [0.25, 0.3) is 0 Å². The fourth-order valence-electron chi connectivity index (χ4n) is 1.63. The van der Waals surface area contributed by atoms with Gasteiger partial charge >= 0.3 is 0 Å². The highest BCUT2D eigenvalue weighted by atomic mass is 16.2. The standard InChI is InChI=1S/C11H13N3O2/c1-8-3-2-4-9(13-8)7-14-10(15)5-12-6-11(14)16/h2-4,12H,5-7H2,1H3. The number of piperazine rings is 1. The van der Waals surface area contributed by atoms with E-state index in [-0.39, 0.29) is 31.4 Å². The third kappa shape index (κ3) is 2.25. The van der Waals surface area contributed by atoms with Gasteiger partial charge in [-0.05, 0) is 19.1 Å². The molecule has 2 rings (SSSR count). The van der Waals surface area contributed by atoms with Gasteiger partial charge in [-0.1, -0.05) is 6.07 Å². The Labute approximate surface area is 93.5 Å². The minimum absolute atomic E-state index is 0.195. The van der Waals surface area contributed by atoms with Crippen molar-refractivity contribution in [2.45, 2.75) is 13.5 Å². The molecule has 2 heterocycles. The van der Waals surface area contributed by atoms with Crippen molar-refractivity contribution in [2.24, 2.45) is 0 Å². The average Bonchev–Trinajstić information content (AvgIpc) is 2.24. The molecule has 0 bridgehead atoms. The fourth-order valence-corrected chi connectivity index (χ4v) is 1.63. The summed E-state index contributed by atoms with van der Waals surface area (Å²) in [7, 11) is 0. The number of hydrogen-bond acceptors (Lipinski definition) is 4. The molecule has 5 nitrogen and oxygen atoms in total. The molecule has 1 N–H and O–H groups in total. The van der Waals surface area contributed by atoms with Crippen molar-refractivity contribution in [3.63, 3.8) is 0 Å². The third-order valence-corrected chi connectivity index (χ3v) is 2.42. The number of aromatic nitrogens is 1. The number of amides is 2. The number of pyridine rings is 1. The van der Waals surface area contributed by atoms with E-state index >= 15 is 0 Å². The predicted octanol–water partition coefficient (Wildman–Crippen LogP) is -0.152. The lowest BCUT2D eigenvalue weighted by Crippen LogP contribution is -2.51. The Balaban J connectivity index is 2.13. The molecular formula is C11H13N3O2. The van der Waals surface area contributed by atoms with Gasteiger partial charge in [-0.25, -0.2) is 0 Å². The quantitative estimate of drug-likeness (QED) is 0.703. The van der Waals surface area contributed by atoms with Gasteiger partial charge in [0.25, 0.3) is 0 Å². The van der Waals surface area contributed by atoms with Gasteiger partial charge in [0.15, 0.2) is 0 Å². The van der Waals surface area contributed by atoms with E-state index in [1.807, 2.05) is 25.1 Å². The van der Waals surface area contributed by atoms with Crippen LogP contribution in [0.1, 0.15) is 11.4 Å². The molecule has 0 unspecified atom stereocenters. The van der Waals surface area contributed by atoms with Crippen LogP contribution in [0.5, 0.6) is 0 Å². The number of nitrogens with zero attached hydrogens (tertiary/aromatic N) is 2. The molecule has 1 aliphatic heterocycles. The van der Waals surface area contributed by atoms with Gasteiger partial charge in [-0.3, -0.25) is 24.8 Å². The van der Waals surface area contributed by atoms with Gasteiger partial charge in [0.05, 0.1) is 25.3 Å². The molecule has 16 heavy (non-hydrogen) atoms. The summed E-state index contributed by atoms with van der Waals surface area (Å²) in [5.74, 6) is -0.390. The smallest absolute Gasteiger partial charge is 0.243 e. The molecule has 0 aromatic carbocycles. The van der Waals surface area contributed by atoms with E-state index in [1.54, 1.807) is 0 Å². The number of carbonyl (C=O) groups excluding carboxylic acids is 2. The highest BCUT2D eigenvalue weighted by molar-refractivity contribution is 5.99. The zero-order valence-electron chi connectivity index (χ0n) is 9.06. The maximum atomic E-state index is 11.5. The lowest BCUT2D eigenvalue weighted by Gasteiger charge is -2.25. The van der Waals surface area contributed by atoms with Crippen LogP contribution in [0.4, 0.5) is 0 Å². The Morgan fingerprint density at radius 3 is 2.62 bits per heavy atom. The Bertz CT molecular complexity index is 415. The monoisotopic (exact) mass is 219 g/mol. The number of rotatable bonds is 2. The van der Waals surface area contributed by atoms with E-state index in [2.05, 4.69) is 10.3 Å². The summed E-state index contributed by atoms with van der Waals surface area (Å²) in [5, 5.41) is 2.75. The number of hydrogen-bond donors (Lipinski definition) is 1. The van der Waals surface area contributed by atoms with E-state index in [4.69, 9.17) is 0 Å². The summed E-state index contributed by atoms with van der Waals surface area (Å²) in [5.41, 5.74) is 1.62. The highest BCUT2D eigenvalue weighted by Crippen LogP contribution is 2.05. The van der Waals surface area contributed by atoms with E-state index in [9.17, 15) is 9.59 Å². The van der Waals surface area contributed by atoms with Gasteiger partial charge in [0.2, 0.25) is 11.8 Å². The summed E-state index contributed by atoms with van der Waals surface area (Å²) < 4.78 is 0. The molecule has 0 radical (unpaired) electrons. The molecule has 1 aromatic rings. The molecular weight excluding hydrogens is 206 g/mol. The normalized spacial score (nSPS) is 16.7. The highest BCUT2D eigenvalue weighted by Gasteiger charge is 2.25. The van der Waals surface area contributed by atoms with Crippen molar-refractivity contribution in [2.75, 3.05) is 13.1 Å². The molecule has 1 aliphatic rings. The van der Waals surface area contributed by atoms with Gasteiger partial charge in [0, 0.05) is 5.69 Å². The zero-order valence-corrected chi connectivity index (χ0v) is 9.06. The molecule has 0 atom stereocenters. The van der Waals surface area contributed by atoms with Crippen LogP contribution in [-0.2, 0) is 16.1 Å². The van der Waals surface area contributed by atoms with Gasteiger partial charge in [0.1, 0.15) is 0 Å². The van der Waals surface area contributed by atoms with Crippen molar-refractivity contribution >= 4 is 11.8 Å². The van der Waals surface area contributed by atoms with E-state index in [0.717, 1.165) is 11.4 Å². The molecule has 1 saturated heterocycles. The molecule has 0 spiro atoms. The lowest BCUT2D eigenvalue weighted by molar-refractivity contribution is -0.147. The fraction of sp³-hybridized carbons (Fsp3) is 0.364. The molecule has 1 fully saturated rings. The van der Waals surface area contributed by atoms with Crippen molar-refractivity contribution < 1.29 is 9.59 Å². The second kappa shape index (κ2) is 4.40. The Morgan fingerprint density at radius 1 is 1.31 bits per heavy atom. The zero-order chi connectivity index (χ0) is 11.5. The first-order valence-electron chi connectivity index (χ1n) is 5.13. The molecule has 0 saturated carbocycles. The van der Waals surface area contributed by atoms with Crippen LogP contribution in [0.3, 0.4) is 0 Å². The average molecular weight is 219 g/mol. The first kappa shape index (κ1) is 10.8. The largest absolute Gasteiger partial charge is 0.300 e. The topological polar surface area (TPSA) is 62.3 Å². The maximum absolute atomic E-state index is 11.5. The summed E-state index contributed by atoms with van der Waals surface area (Å²) in [6.07, 6.45) is 0. The van der Waals surface area contributed by atoms with Gasteiger partial charge < -0.3 is 0 Å². The predicted molar refractivity (Wildman–Crippen MR) is 57.4 cm³/mol. The van der Waals surface area contributed by atoms with Crippen LogP contribution in [0.2, 0.25) is 0 Å².